The molecule has 0 aliphatic rings. The zero-order valence-corrected chi connectivity index (χ0v) is 6.07. The molecule has 0 aromatic heterocycles. The van der Waals surface area contributed by atoms with E-state index in [1.165, 1.54) is 0 Å². The van der Waals surface area contributed by atoms with E-state index < -0.39 is 23.5 Å². The molecule has 0 aliphatic heterocycles. The molecular formula is C3H5F4NO2S. The molecule has 0 unspecified atom stereocenters. The molecular weight excluding hydrogens is 190 g/mol. The molecule has 0 saturated carbocycles. The fraction of sp³-hybridized carbons (Fsp3) is 0.667. The Balaban J connectivity index is 0. The molecule has 0 atom stereocenters. The van der Waals surface area contributed by atoms with Crippen LogP contribution in [0.15, 0.2) is 0 Å². The maximum Gasteiger partial charge on any atom is 0.461 e. The van der Waals surface area contributed by atoms with Crippen molar-refractivity contribution in [1.29, 1.82) is 0 Å². The standard InChI is InChI=1S/C3H4F3NO2S.FH/c1-7(2(8)9)10-3(4,5)6;/h1H3,(H,8,9);1H. The largest absolute Gasteiger partial charge is 0.464 e. The molecule has 0 aliphatic carbocycles. The van der Waals surface area contributed by atoms with Crippen LogP contribution < -0.4 is 0 Å². The highest BCUT2D eigenvalue weighted by molar-refractivity contribution is 7.98. The van der Waals surface area contributed by atoms with Gasteiger partial charge in [0.25, 0.3) is 0 Å². The van der Waals surface area contributed by atoms with Gasteiger partial charge in [0, 0.05) is 7.05 Å². The highest BCUT2D eigenvalue weighted by Gasteiger charge is 2.33. The van der Waals surface area contributed by atoms with Crippen molar-refractivity contribution in [1.82, 2.24) is 4.31 Å². The highest BCUT2D eigenvalue weighted by atomic mass is 32.2. The Morgan fingerprint density at radius 2 is 1.91 bits per heavy atom. The Labute approximate surface area is 63.7 Å². The summed E-state index contributed by atoms with van der Waals surface area (Å²) in [6.45, 7) is 0. The van der Waals surface area contributed by atoms with Gasteiger partial charge in [0.1, 0.15) is 0 Å². The minimum absolute atomic E-state index is 0. The highest BCUT2D eigenvalue weighted by Crippen LogP contribution is 2.31. The van der Waals surface area contributed by atoms with Crippen LogP contribution in [0.2, 0.25) is 0 Å². The van der Waals surface area contributed by atoms with Crippen molar-refractivity contribution in [3.8, 4) is 0 Å². The number of alkyl halides is 3. The Morgan fingerprint density at radius 1 is 1.55 bits per heavy atom. The second-order valence-corrected chi connectivity index (χ2v) is 2.51. The third-order valence-electron chi connectivity index (χ3n) is 0.510. The maximum atomic E-state index is 11.3. The van der Waals surface area contributed by atoms with Crippen molar-refractivity contribution in [2.24, 2.45) is 0 Å². The first kappa shape index (κ1) is 13.0. The van der Waals surface area contributed by atoms with Crippen LogP contribution in [-0.4, -0.2) is 28.1 Å². The molecule has 0 fully saturated rings. The lowest BCUT2D eigenvalue weighted by molar-refractivity contribution is -0.0356. The average Bonchev–Trinajstić information content (AvgIpc) is 1.60. The first-order chi connectivity index (χ1) is 4.33. The number of hydrogen-bond acceptors (Lipinski definition) is 2. The van der Waals surface area contributed by atoms with Gasteiger partial charge < -0.3 is 5.11 Å². The van der Waals surface area contributed by atoms with Crippen LogP contribution in [0.3, 0.4) is 0 Å². The lowest BCUT2D eigenvalue weighted by atomic mass is 11.1. The minimum atomic E-state index is -4.53. The monoisotopic (exact) mass is 195 g/mol. The SMILES string of the molecule is CN(SC(F)(F)F)C(=O)O.F. The van der Waals surface area contributed by atoms with Gasteiger partial charge >= 0.3 is 11.6 Å². The Morgan fingerprint density at radius 3 is 2.00 bits per heavy atom. The van der Waals surface area contributed by atoms with E-state index >= 15 is 0 Å². The van der Waals surface area contributed by atoms with Crippen LogP contribution in [0.25, 0.3) is 0 Å². The van der Waals surface area contributed by atoms with Crippen molar-refractivity contribution in [3.05, 3.63) is 0 Å². The molecule has 68 valence electrons. The summed E-state index contributed by atoms with van der Waals surface area (Å²) < 4.78 is 34.1. The van der Waals surface area contributed by atoms with E-state index in [-0.39, 0.29) is 9.01 Å². The Bertz CT molecular complexity index is 138. The third kappa shape index (κ3) is 7.23. The van der Waals surface area contributed by atoms with Crippen LogP contribution in [0.1, 0.15) is 0 Å². The van der Waals surface area contributed by atoms with Gasteiger partial charge in [-0.2, -0.15) is 13.2 Å². The van der Waals surface area contributed by atoms with E-state index in [1.54, 1.807) is 0 Å². The summed E-state index contributed by atoms with van der Waals surface area (Å²) in [6, 6.07) is 0. The van der Waals surface area contributed by atoms with E-state index in [9.17, 15) is 18.0 Å². The first-order valence-corrected chi connectivity index (χ1v) is 2.83. The first-order valence-electron chi connectivity index (χ1n) is 2.05. The Kier molecular flexibility index (Phi) is 5.03. The number of hydrogen-bond donors (Lipinski definition) is 1. The van der Waals surface area contributed by atoms with Gasteiger partial charge in [-0.1, -0.05) is 0 Å². The van der Waals surface area contributed by atoms with E-state index in [2.05, 4.69) is 0 Å². The summed E-state index contributed by atoms with van der Waals surface area (Å²) in [5.41, 5.74) is -4.53. The van der Waals surface area contributed by atoms with Crippen molar-refractivity contribution in [2.45, 2.75) is 5.51 Å². The second kappa shape index (κ2) is 4.27. The summed E-state index contributed by atoms with van der Waals surface area (Å²) >= 11 is -0.701. The van der Waals surface area contributed by atoms with Crippen LogP contribution in [0.4, 0.5) is 22.7 Å². The molecule has 3 nitrogen and oxygen atoms in total. The van der Waals surface area contributed by atoms with Gasteiger partial charge in [0.15, 0.2) is 0 Å². The average molecular weight is 195 g/mol. The molecule has 11 heavy (non-hydrogen) atoms. The smallest absolute Gasteiger partial charge is 0.461 e. The lowest BCUT2D eigenvalue weighted by Gasteiger charge is -2.12. The predicted octanol–water partition coefficient (Wildman–Crippen LogP) is 1.92. The van der Waals surface area contributed by atoms with Crippen LogP contribution in [0, 0.1) is 0 Å². The van der Waals surface area contributed by atoms with Gasteiger partial charge in [-0.15, -0.1) is 0 Å². The lowest BCUT2D eigenvalue weighted by Crippen LogP contribution is -2.21. The van der Waals surface area contributed by atoms with Crippen LogP contribution in [0.5, 0.6) is 0 Å². The second-order valence-electron chi connectivity index (χ2n) is 1.32. The van der Waals surface area contributed by atoms with Gasteiger partial charge in [0.05, 0.1) is 11.9 Å². The molecule has 0 aromatic rings. The molecule has 0 radical (unpaired) electrons. The van der Waals surface area contributed by atoms with Crippen LogP contribution in [-0.2, 0) is 0 Å². The van der Waals surface area contributed by atoms with Crippen molar-refractivity contribution >= 4 is 18.0 Å². The fourth-order valence-corrected chi connectivity index (χ4v) is 0.583. The van der Waals surface area contributed by atoms with Crippen molar-refractivity contribution < 1.29 is 27.8 Å². The van der Waals surface area contributed by atoms with Gasteiger partial charge in [0.2, 0.25) is 0 Å². The normalized spacial score (nSPS) is 10.2. The molecule has 0 heterocycles. The fourth-order valence-electron chi connectivity index (χ4n) is 0.194. The van der Waals surface area contributed by atoms with Crippen molar-refractivity contribution in [3.63, 3.8) is 0 Å². The zero-order valence-electron chi connectivity index (χ0n) is 5.25. The van der Waals surface area contributed by atoms with Gasteiger partial charge in [-0.05, 0) is 0 Å². The third-order valence-corrected chi connectivity index (χ3v) is 1.15. The topological polar surface area (TPSA) is 40.5 Å². The van der Waals surface area contributed by atoms with E-state index in [0.29, 0.717) is 0 Å². The van der Waals surface area contributed by atoms with E-state index in [0.717, 1.165) is 7.05 Å². The molecule has 0 rings (SSSR count). The maximum absolute atomic E-state index is 11.3. The predicted molar refractivity (Wildman–Crippen MR) is 31.9 cm³/mol. The Hall–Kier alpha value is -0.660. The van der Waals surface area contributed by atoms with E-state index in [4.69, 9.17) is 5.11 Å². The number of rotatable bonds is 1. The number of carbonyl (C=O) groups is 1. The number of halogens is 4. The zero-order chi connectivity index (χ0) is 8.36. The van der Waals surface area contributed by atoms with Crippen molar-refractivity contribution in [2.75, 3.05) is 7.05 Å². The summed E-state index contributed by atoms with van der Waals surface area (Å²) in [5.74, 6) is 0. The summed E-state index contributed by atoms with van der Waals surface area (Å²) in [6.07, 6.45) is -1.62. The molecule has 0 aromatic carbocycles. The number of nitrogens with zero attached hydrogens (tertiary/aromatic N) is 1. The molecule has 1 N–H and O–H groups in total. The molecule has 0 spiro atoms. The molecule has 1 amide bonds. The quantitative estimate of drug-likeness (QED) is 0.513. The van der Waals surface area contributed by atoms with Gasteiger partial charge in [-0.3, -0.25) is 4.70 Å². The van der Waals surface area contributed by atoms with Crippen LogP contribution >= 0.6 is 11.9 Å². The molecule has 8 heteroatoms. The number of carboxylic acid groups (broad SMARTS) is 1. The minimum Gasteiger partial charge on any atom is -0.464 e. The summed E-state index contributed by atoms with van der Waals surface area (Å²) in [7, 11) is 0.820. The molecule has 0 bridgehead atoms. The number of amides is 1. The van der Waals surface area contributed by atoms with E-state index in [1.807, 2.05) is 0 Å². The summed E-state index contributed by atoms with van der Waals surface area (Å²) in [4.78, 5) is 9.78. The van der Waals surface area contributed by atoms with Gasteiger partial charge in [-0.25, -0.2) is 9.10 Å². The summed E-state index contributed by atoms with van der Waals surface area (Å²) in [5, 5.41) is 7.95. The molecule has 0 saturated heterocycles.